The Kier molecular flexibility index (Phi) is 5.16. The van der Waals surface area contributed by atoms with Crippen LogP contribution in [0.1, 0.15) is 34.1 Å². The Morgan fingerprint density at radius 2 is 2.07 bits per heavy atom. The van der Waals surface area contributed by atoms with Crippen molar-refractivity contribution in [1.82, 2.24) is 4.90 Å². The molecule has 1 fully saturated rings. The summed E-state index contributed by atoms with van der Waals surface area (Å²) in [5.74, 6) is -1.28. The van der Waals surface area contributed by atoms with Crippen LogP contribution in [0.2, 0.25) is 0 Å². The van der Waals surface area contributed by atoms with Crippen molar-refractivity contribution in [3.8, 4) is 0 Å². The van der Waals surface area contributed by atoms with E-state index < -0.39 is 17.7 Å². The molecule has 2 aromatic rings. The van der Waals surface area contributed by atoms with E-state index in [-0.39, 0.29) is 17.5 Å². The molecule has 1 amide bonds. The number of Topliss-reactive ketones (excluding diaryl/α,β-unsaturated/α-hetero) is 1. The van der Waals surface area contributed by atoms with Crippen LogP contribution < -0.4 is 0 Å². The Hall–Kier alpha value is -1.96. The van der Waals surface area contributed by atoms with E-state index in [1.165, 1.54) is 11.3 Å². The molecule has 1 aromatic heterocycles. The third-order valence-corrected chi connectivity index (χ3v) is 6.30. The Labute approximate surface area is 169 Å². The molecule has 0 radical (unpaired) electrons. The summed E-state index contributed by atoms with van der Waals surface area (Å²) in [6.45, 7) is 1.03. The summed E-state index contributed by atoms with van der Waals surface area (Å²) >= 11 is 4.71. The minimum Gasteiger partial charge on any atom is -0.503 e. The zero-order chi connectivity index (χ0) is 19.0. The molecule has 2 aliphatic rings. The highest BCUT2D eigenvalue weighted by Crippen LogP contribution is 2.40. The van der Waals surface area contributed by atoms with Crippen molar-refractivity contribution in [2.75, 3.05) is 13.2 Å². The van der Waals surface area contributed by atoms with Crippen LogP contribution >= 0.6 is 27.3 Å². The number of amides is 1. The Balaban J connectivity index is 1.75. The highest BCUT2D eigenvalue weighted by molar-refractivity contribution is 9.10. The number of hydrogen-bond donors (Lipinski definition) is 1. The van der Waals surface area contributed by atoms with Crippen molar-refractivity contribution in [1.29, 1.82) is 0 Å². The number of ketones is 1. The van der Waals surface area contributed by atoms with E-state index in [1.807, 2.05) is 24.3 Å². The van der Waals surface area contributed by atoms with Gasteiger partial charge in [0.2, 0.25) is 5.78 Å². The summed E-state index contributed by atoms with van der Waals surface area (Å²) in [6, 6.07) is 10.3. The maximum atomic E-state index is 13.1. The molecule has 27 heavy (non-hydrogen) atoms. The van der Waals surface area contributed by atoms with Gasteiger partial charge in [-0.2, -0.15) is 0 Å². The van der Waals surface area contributed by atoms with E-state index >= 15 is 0 Å². The van der Waals surface area contributed by atoms with Crippen LogP contribution in [0.5, 0.6) is 0 Å². The number of aliphatic hydroxyl groups is 1. The number of aliphatic hydroxyl groups excluding tert-OH is 1. The fraction of sp³-hybridized carbons (Fsp3) is 0.300. The third-order valence-electron chi connectivity index (χ3n) is 4.90. The third kappa shape index (κ3) is 3.47. The summed E-state index contributed by atoms with van der Waals surface area (Å²) in [6.07, 6.45) is 1.75. The molecule has 5 nitrogen and oxygen atoms in total. The molecule has 1 saturated heterocycles. The highest BCUT2D eigenvalue weighted by atomic mass is 79.9. The lowest BCUT2D eigenvalue weighted by Gasteiger charge is -2.28. The van der Waals surface area contributed by atoms with Crippen LogP contribution in [0.4, 0.5) is 0 Å². The lowest BCUT2D eigenvalue weighted by molar-refractivity contribution is -0.131. The smallest absolute Gasteiger partial charge is 0.290 e. The quantitative estimate of drug-likeness (QED) is 0.694. The number of benzene rings is 1. The summed E-state index contributed by atoms with van der Waals surface area (Å²) in [7, 11) is 0. The molecule has 0 spiro atoms. The molecule has 1 aromatic carbocycles. The van der Waals surface area contributed by atoms with Crippen LogP contribution in [0.25, 0.3) is 0 Å². The largest absolute Gasteiger partial charge is 0.503 e. The van der Waals surface area contributed by atoms with Crippen molar-refractivity contribution in [2.24, 2.45) is 0 Å². The maximum Gasteiger partial charge on any atom is 0.290 e. The standard InChI is InChI=1S/C20H18BrNO4S/c21-13-7-5-12(6-8-13)17-16(18(23)15-4-2-10-27-15)19(24)20(25)22(17)11-14-3-1-9-26-14/h2,4-8,10,14,17,24H,1,3,9,11H2/t14-,17-/m1/s1. The first kappa shape index (κ1) is 18.4. The predicted octanol–water partition coefficient (Wildman–Crippen LogP) is 4.27. The fourth-order valence-corrected chi connectivity index (χ4v) is 4.56. The van der Waals surface area contributed by atoms with Crippen LogP contribution in [-0.4, -0.2) is 41.0 Å². The van der Waals surface area contributed by atoms with Gasteiger partial charge < -0.3 is 14.7 Å². The van der Waals surface area contributed by atoms with Gasteiger partial charge in [-0.25, -0.2) is 0 Å². The van der Waals surface area contributed by atoms with Crippen molar-refractivity contribution >= 4 is 39.0 Å². The van der Waals surface area contributed by atoms with Gasteiger partial charge in [-0.15, -0.1) is 11.3 Å². The van der Waals surface area contributed by atoms with Crippen molar-refractivity contribution in [3.05, 3.63) is 68.0 Å². The van der Waals surface area contributed by atoms with Gasteiger partial charge in [0.25, 0.3) is 5.91 Å². The maximum absolute atomic E-state index is 13.1. The first-order chi connectivity index (χ1) is 13.1. The van der Waals surface area contributed by atoms with E-state index in [0.29, 0.717) is 18.0 Å². The first-order valence-corrected chi connectivity index (χ1v) is 10.4. The highest BCUT2D eigenvalue weighted by Gasteiger charge is 2.44. The van der Waals surface area contributed by atoms with E-state index in [2.05, 4.69) is 15.9 Å². The summed E-state index contributed by atoms with van der Waals surface area (Å²) in [5.41, 5.74) is 0.927. The fourth-order valence-electron chi connectivity index (χ4n) is 3.61. The van der Waals surface area contributed by atoms with Crippen LogP contribution in [0.3, 0.4) is 0 Å². The number of ether oxygens (including phenoxy) is 1. The molecule has 1 N–H and O–H groups in total. The van der Waals surface area contributed by atoms with Crippen molar-refractivity contribution in [3.63, 3.8) is 0 Å². The van der Waals surface area contributed by atoms with E-state index in [1.54, 1.807) is 22.4 Å². The molecule has 0 bridgehead atoms. The molecule has 3 heterocycles. The van der Waals surface area contributed by atoms with Gasteiger partial charge in [-0.05, 0) is 42.0 Å². The van der Waals surface area contributed by atoms with Gasteiger partial charge in [0.1, 0.15) is 0 Å². The molecular formula is C20H18BrNO4S. The molecule has 0 unspecified atom stereocenters. The predicted molar refractivity (Wildman–Crippen MR) is 106 cm³/mol. The molecule has 7 heteroatoms. The minimum atomic E-state index is -0.621. The van der Waals surface area contributed by atoms with E-state index in [9.17, 15) is 14.7 Å². The van der Waals surface area contributed by atoms with Gasteiger partial charge in [0.15, 0.2) is 5.76 Å². The summed E-state index contributed by atoms with van der Waals surface area (Å²) < 4.78 is 6.59. The Morgan fingerprint density at radius 3 is 2.70 bits per heavy atom. The molecule has 0 saturated carbocycles. The SMILES string of the molecule is O=C(C1=C(O)C(=O)N(C[C@H]2CCCO2)[C@@H]1c1ccc(Br)cc1)c1cccs1. The topological polar surface area (TPSA) is 66.8 Å². The minimum absolute atomic E-state index is 0.0733. The van der Waals surface area contributed by atoms with Crippen molar-refractivity contribution in [2.45, 2.75) is 25.0 Å². The van der Waals surface area contributed by atoms with Gasteiger partial charge in [0, 0.05) is 17.6 Å². The lowest BCUT2D eigenvalue weighted by atomic mass is 9.95. The molecular weight excluding hydrogens is 430 g/mol. The second kappa shape index (κ2) is 7.58. The number of carbonyl (C=O) groups is 2. The van der Waals surface area contributed by atoms with Gasteiger partial charge in [-0.1, -0.05) is 34.1 Å². The molecule has 4 rings (SSSR count). The van der Waals surface area contributed by atoms with Crippen LogP contribution in [-0.2, 0) is 9.53 Å². The van der Waals surface area contributed by atoms with Gasteiger partial charge >= 0.3 is 0 Å². The van der Waals surface area contributed by atoms with Crippen LogP contribution in [0.15, 0.2) is 57.6 Å². The second-order valence-corrected chi connectivity index (χ2v) is 8.48. The average molecular weight is 448 g/mol. The lowest BCUT2D eigenvalue weighted by Crippen LogP contribution is -2.37. The first-order valence-electron chi connectivity index (χ1n) is 8.75. The normalized spacial score (nSPS) is 22.7. The average Bonchev–Trinajstić information content (AvgIpc) is 3.41. The zero-order valence-corrected chi connectivity index (χ0v) is 16.8. The van der Waals surface area contributed by atoms with Gasteiger partial charge in [0.05, 0.1) is 22.6 Å². The zero-order valence-electron chi connectivity index (χ0n) is 14.4. The number of thiophene rings is 1. The van der Waals surface area contributed by atoms with E-state index in [4.69, 9.17) is 4.74 Å². The van der Waals surface area contributed by atoms with Crippen molar-refractivity contribution < 1.29 is 19.4 Å². The Bertz CT molecular complexity index is 885. The molecule has 0 aliphatic carbocycles. The monoisotopic (exact) mass is 447 g/mol. The van der Waals surface area contributed by atoms with E-state index in [0.717, 1.165) is 22.9 Å². The number of nitrogens with zero attached hydrogens (tertiary/aromatic N) is 1. The number of rotatable bonds is 5. The molecule has 2 aliphatic heterocycles. The second-order valence-electron chi connectivity index (χ2n) is 6.62. The number of halogens is 1. The molecule has 2 atom stereocenters. The Morgan fingerprint density at radius 1 is 1.30 bits per heavy atom. The van der Waals surface area contributed by atoms with Crippen LogP contribution in [0, 0.1) is 0 Å². The summed E-state index contributed by atoms with van der Waals surface area (Å²) in [4.78, 5) is 28.0. The van der Waals surface area contributed by atoms with Gasteiger partial charge in [-0.3, -0.25) is 9.59 Å². The summed E-state index contributed by atoms with van der Waals surface area (Å²) in [5, 5.41) is 12.4. The molecule has 140 valence electrons. The number of hydrogen-bond acceptors (Lipinski definition) is 5. The number of carbonyl (C=O) groups excluding carboxylic acids is 2.